The molecule has 24 heavy (non-hydrogen) atoms. The van der Waals surface area contributed by atoms with Gasteiger partial charge >= 0.3 is 0 Å². The van der Waals surface area contributed by atoms with Gasteiger partial charge in [0.15, 0.2) is 0 Å². The Morgan fingerprint density at radius 3 is 2.29 bits per heavy atom. The molecule has 2 aromatic rings. The molecule has 2 rings (SSSR count). The summed E-state index contributed by atoms with van der Waals surface area (Å²) >= 11 is 0. The quantitative estimate of drug-likeness (QED) is 0.778. The largest absolute Gasteiger partial charge is 0.495 e. The molecule has 0 saturated carbocycles. The number of sulfonamides is 1. The molecule has 0 aromatic heterocycles. The molecule has 0 aliphatic rings. The van der Waals surface area contributed by atoms with Crippen molar-refractivity contribution in [1.82, 2.24) is 5.48 Å². The highest BCUT2D eigenvalue weighted by molar-refractivity contribution is 7.92. The van der Waals surface area contributed by atoms with Gasteiger partial charge in [0.1, 0.15) is 10.6 Å². The van der Waals surface area contributed by atoms with Crippen LogP contribution in [0.3, 0.4) is 0 Å². The second-order valence-electron chi connectivity index (χ2n) is 4.97. The summed E-state index contributed by atoms with van der Waals surface area (Å²) in [5.74, 6) is -0.435. The van der Waals surface area contributed by atoms with Gasteiger partial charge < -0.3 is 4.74 Å². The third-order valence-electron chi connectivity index (χ3n) is 3.21. The van der Waals surface area contributed by atoms with Crippen LogP contribution in [0.4, 0.5) is 5.69 Å². The summed E-state index contributed by atoms with van der Waals surface area (Å²) in [4.78, 5) is 16.2. The molecule has 0 spiro atoms. The maximum atomic E-state index is 12.6. The molecule has 8 heteroatoms. The molecular weight excluding hydrogens is 332 g/mol. The van der Waals surface area contributed by atoms with Gasteiger partial charge in [-0.15, -0.1) is 0 Å². The zero-order chi connectivity index (χ0) is 17.7. The van der Waals surface area contributed by atoms with E-state index in [2.05, 4.69) is 15.0 Å². The minimum Gasteiger partial charge on any atom is -0.495 e. The number of rotatable bonds is 6. The number of hydrogen-bond acceptors (Lipinski definition) is 5. The first kappa shape index (κ1) is 17.8. The van der Waals surface area contributed by atoms with Gasteiger partial charge in [-0.25, -0.2) is 13.9 Å². The summed E-state index contributed by atoms with van der Waals surface area (Å²) in [6.07, 6.45) is 0. The van der Waals surface area contributed by atoms with Gasteiger partial charge in [0.25, 0.3) is 15.9 Å². The predicted octanol–water partition coefficient (Wildman–Crippen LogP) is 2.10. The molecule has 0 radical (unpaired) electrons. The maximum Gasteiger partial charge on any atom is 0.274 e. The van der Waals surface area contributed by atoms with Crippen LogP contribution in [-0.4, -0.2) is 28.5 Å². The Labute approximate surface area is 140 Å². The molecule has 0 bridgehead atoms. The average molecular weight is 350 g/mol. The van der Waals surface area contributed by atoms with Gasteiger partial charge in [0.2, 0.25) is 0 Å². The van der Waals surface area contributed by atoms with Gasteiger partial charge in [-0.05, 0) is 37.3 Å². The molecular formula is C16H18N2O5S. The Balaban J connectivity index is 2.41. The number of anilines is 1. The molecule has 0 fully saturated rings. The zero-order valence-corrected chi connectivity index (χ0v) is 14.3. The minimum absolute atomic E-state index is 0.127. The molecule has 0 unspecified atom stereocenters. The van der Waals surface area contributed by atoms with E-state index in [1.165, 1.54) is 32.4 Å². The second-order valence-corrected chi connectivity index (χ2v) is 6.62. The monoisotopic (exact) mass is 350 g/mol. The fourth-order valence-corrected chi connectivity index (χ4v) is 3.27. The van der Waals surface area contributed by atoms with Crippen LogP contribution in [0.1, 0.15) is 15.9 Å². The van der Waals surface area contributed by atoms with E-state index in [-0.39, 0.29) is 16.2 Å². The molecule has 1 amide bonds. The lowest BCUT2D eigenvalue weighted by molar-refractivity contribution is 0.0537. The lowest BCUT2D eigenvalue weighted by Crippen LogP contribution is -2.22. The minimum atomic E-state index is -3.94. The first-order valence-electron chi connectivity index (χ1n) is 6.98. The van der Waals surface area contributed by atoms with Gasteiger partial charge in [-0.1, -0.05) is 17.7 Å². The molecule has 0 aliphatic heterocycles. The molecule has 7 nitrogen and oxygen atoms in total. The summed E-state index contributed by atoms with van der Waals surface area (Å²) in [5.41, 5.74) is 3.69. The summed E-state index contributed by atoms with van der Waals surface area (Å²) in [6.45, 7) is 1.90. The van der Waals surface area contributed by atoms with Crippen molar-refractivity contribution in [3.8, 4) is 5.75 Å². The Bertz CT molecular complexity index is 832. The smallest absolute Gasteiger partial charge is 0.274 e. The number of nitrogens with one attached hydrogen (secondary N) is 2. The van der Waals surface area contributed by atoms with Crippen molar-refractivity contribution in [1.29, 1.82) is 0 Å². The summed E-state index contributed by atoms with van der Waals surface area (Å²) in [7, 11) is -1.29. The summed E-state index contributed by atoms with van der Waals surface area (Å²) in [6, 6.07) is 11.0. The van der Waals surface area contributed by atoms with Crippen molar-refractivity contribution in [2.24, 2.45) is 0 Å². The molecule has 0 atom stereocenters. The average Bonchev–Trinajstić information content (AvgIpc) is 2.56. The number of hydrogen-bond donors (Lipinski definition) is 2. The van der Waals surface area contributed by atoms with Crippen LogP contribution in [0, 0.1) is 6.92 Å². The van der Waals surface area contributed by atoms with E-state index in [1.807, 2.05) is 6.92 Å². The highest BCUT2D eigenvalue weighted by Gasteiger charge is 2.22. The SMILES string of the molecule is CONC(=O)c1ccc(OC)c(S(=O)(=O)Nc2ccc(C)cc2)c1. The Morgan fingerprint density at radius 2 is 1.71 bits per heavy atom. The number of amides is 1. The van der Waals surface area contributed by atoms with Gasteiger partial charge in [0.05, 0.1) is 14.2 Å². The summed E-state index contributed by atoms with van der Waals surface area (Å²) < 4.78 is 32.9. The first-order valence-corrected chi connectivity index (χ1v) is 8.46. The van der Waals surface area contributed by atoms with E-state index >= 15 is 0 Å². The summed E-state index contributed by atoms with van der Waals surface area (Å²) in [5, 5.41) is 0. The highest BCUT2D eigenvalue weighted by atomic mass is 32.2. The van der Waals surface area contributed by atoms with Crippen molar-refractivity contribution in [2.45, 2.75) is 11.8 Å². The van der Waals surface area contributed by atoms with E-state index in [1.54, 1.807) is 24.3 Å². The number of ether oxygens (including phenoxy) is 1. The van der Waals surface area contributed by atoms with E-state index in [9.17, 15) is 13.2 Å². The third kappa shape index (κ3) is 4.03. The van der Waals surface area contributed by atoms with Gasteiger partial charge in [-0.2, -0.15) is 0 Å². The standard InChI is InChI=1S/C16H18N2O5S/c1-11-4-7-13(8-5-11)18-24(20,21)15-10-12(16(19)17-23-3)6-9-14(15)22-2/h4-10,18H,1-3H3,(H,17,19). The molecule has 128 valence electrons. The van der Waals surface area contributed by atoms with Crippen molar-refractivity contribution in [2.75, 3.05) is 18.9 Å². The third-order valence-corrected chi connectivity index (χ3v) is 4.62. The van der Waals surface area contributed by atoms with Crippen LogP contribution < -0.4 is 14.9 Å². The molecule has 0 saturated heterocycles. The van der Waals surface area contributed by atoms with Crippen molar-refractivity contribution < 1.29 is 22.8 Å². The highest BCUT2D eigenvalue weighted by Crippen LogP contribution is 2.27. The van der Waals surface area contributed by atoms with Crippen molar-refractivity contribution in [3.05, 3.63) is 53.6 Å². The molecule has 0 heterocycles. The van der Waals surface area contributed by atoms with Crippen LogP contribution >= 0.6 is 0 Å². The zero-order valence-electron chi connectivity index (χ0n) is 13.5. The first-order chi connectivity index (χ1) is 11.4. The van der Waals surface area contributed by atoms with Crippen LogP contribution in [0.5, 0.6) is 5.75 Å². The van der Waals surface area contributed by atoms with Crippen molar-refractivity contribution in [3.63, 3.8) is 0 Å². The van der Waals surface area contributed by atoms with E-state index in [0.717, 1.165) is 5.56 Å². The van der Waals surface area contributed by atoms with Crippen molar-refractivity contribution >= 4 is 21.6 Å². The van der Waals surface area contributed by atoms with Gasteiger partial charge in [0, 0.05) is 11.3 Å². The number of aryl methyl sites for hydroxylation is 1. The van der Waals surface area contributed by atoms with Crippen LogP contribution in [0.2, 0.25) is 0 Å². The van der Waals surface area contributed by atoms with E-state index in [4.69, 9.17) is 4.74 Å². The Morgan fingerprint density at radius 1 is 1.04 bits per heavy atom. The molecule has 2 aromatic carbocycles. The van der Waals surface area contributed by atoms with Crippen LogP contribution in [0.25, 0.3) is 0 Å². The second kappa shape index (κ2) is 7.33. The fraction of sp³-hybridized carbons (Fsp3) is 0.188. The Kier molecular flexibility index (Phi) is 5.42. The maximum absolute atomic E-state index is 12.6. The number of methoxy groups -OCH3 is 1. The molecule has 2 N–H and O–H groups in total. The number of carbonyl (C=O) groups is 1. The van der Waals surface area contributed by atoms with Crippen LogP contribution in [0.15, 0.2) is 47.4 Å². The molecule has 0 aliphatic carbocycles. The van der Waals surface area contributed by atoms with E-state index in [0.29, 0.717) is 5.69 Å². The fourth-order valence-electron chi connectivity index (χ4n) is 2.01. The predicted molar refractivity (Wildman–Crippen MR) is 89.5 cm³/mol. The number of hydroxylamine groups is 1. The van der Waals surface area contributed by atoms with Crippen LogP contribution in [-0.2, 0) is 14.9 Å². The normalized spacial score (nSPS) is 11.0. The van der Waals surface area contributed by atoms with E-state index < -0.39 is 15.9 Å². The number of benzene rings is 2. The Hall–Kier alpha value is -2.58. The topological polar surface area (TPSA) is 93.7 Å². The lowest BCUT2D eigenvalue weighted by Gasteiger charge is -2.13. The number of carbonyl (C=O) groups excluding carboxylic acids is 1. The lowest BCUT2D eigenvalue weighted by atomic mass is 10.2. The van der Waals surface area contributed by atoms with Gasteiger partial charge in [-0.3, -0.25) is 14.4 Å².